The van der Waals surface area contributed by atoms with Gasteiger partial charge in [-0.15, -0.1) is 0 Å². The molecule has 1 atom stereocenters. The average Bonchev–Trinajstić information content (AvgIpc) is 2.68. The van der Waals surface area contributed by atoms with E-state index in [1.54, 1.807) is 47.4 Å². The number of nitrogens with one attached hydrogen (secondary N) is 1. The molecule has 0 spiro atoms. The Balaban J connectivity index is 1.64. The average molecular weight is 407 g/mol. The van der Waals surface area contributed by atoms with Crippen molar-refractivity contribution in [1.29, 1.82) is 0 Å². The first-order valence-electron chi connectivity index (χ1n) is 8.67. The fourth-order valence-corrected chi connectivity index (χ4v) is 3.52. The van der Waals surface area contributed by atoms with Crippen molar-refractivity contribution in [2.75, 3.05) is 25.5 Å². The zero-order valence-corrected chi connectivity index (χ0v) is 16.4. The largest absolute Gasteiger partial charge is 0.495 e. The monoisotopic (exact) mass is 406 g/mol. The van der Waals surface area contributed by atoms with E-state index in [4.69, 9.17) is 27.9 Å². The van der Waals surface area contributed by atoms with Crippen molar-refractivity contribution in [3.63, 3.8) is 0 Å². The lowest BCUT2D eigenvalue weighted by Gasteiger charge is -2.32. The number of halogens is 2. The van der Waals surface area contributed by atoms with E-state index >= 15 is 0 Å². The van der Waals surface area contributed by atoms with E-state index in [-0.39, 0.29) is 17.7 Å². The SMILES string of the molecule is COc1ccc(NC(=O)[C@H]2CCCN(C(=O)c3ccc(Cl)cc3)C2)cc1Cl. The molecule has 0 aliphatic carbocycles. The number of amides is 2. The van der Waals surface area contributed by atoms with E-state index in [0.29, 0.717) is 40.1 Å². The second-order valence-electron chi connectivity index (χ2n) is 6.44. The Kier molecular flexibility index (Phi) is 6.24. The van der Waals surface area contributed by atoms with Gasteiger partial charge < -0.3 is 15.0 Å². The minimum absolute atomic E-state index is 0.0864. The number of piperidine rings is 1. The summed E-state index contributed by atoms with van der Waals surface area (Å²) in [6, 6.07) is 11.9. The fraction of sp³-hybridized carbons (Fsp3) is 0.300. The van der Waals surface area contributed by atoms with Crippen LogP contribution in [0.25, 0.3) is 0 Å². The molecule has 0 radical (unpaired) electrons. The van der Waals surface area contributed by atoms with Crippen molar-refractivity contribution >= 4 is 40.7 Å². The molecule has 1 N–H and O–H groups in total. The first kappa shape index (κ1) is 19.5. The van der Waals surface area contributed by atoms with E-state index in [2.05, 4.69) is 5.32 Å². The van der Waals surface area contributed by atoms with Crippen molar-refractivity contribution in [2.45, 2.75) is 12.8 Å². The molecular weight excluding hydrogens is 387 g/mol. The molecule has 0 bridgehead atoms. The maximum atomic E-state index is 12.7. The van der Waals surface area contributed by atoms with Crippen molar-refractivity contribution in [3.8, 4) is 5.75 Å². The van der Waals surface area contributed by atoms with Gasteiger partial charge in [0.05, 0.1) is 18.1 Å². The maximum absolute atomic E-state index is 12.7. The molecule has 5 nitrogen and oxygen atoms in total. The normalized spacial score (nSPS) is 16.7. The molecule has 7 heteroatoms. The van der Waals surface area contributed by atoms with Crippen molar-refractivity contribution in [2.24, 2.45) is 5.92 Å². The van der Waals surface area contributed by atoms with Gasteiger partial charge in [0.25, 0.3) is 5.91 Å². The van der Waals surface area contributed by atoms with Crippen LogP contribution in [0.3, 0.4) is 0 Å². The smallest absolute Gasteiger partial charge is 0.253 e. The second-order valence-corrected chi connectivity index (χ2v) is 7.28. The molecule has 1 fully saturated rings. The molecular formula is C20H20Cl2N2O3. The lowest BCUT2D eigenvalue weighted by Crippen LogP contribution is -2.43. The van der Waals surface area contributed by atoms with Gasteiger partial charge in [0.15, 0.2) is 0 Å². The first-order chi connectivity index (χ1) is 13.0. The zero-order chi connectivity index (χ0) is 19.4. The third-order valence-corrected chi connectivity index (χ3v) is 5.14. The van der Waals surface area contributed by atoms with E-state index in [9.17, 15) is 9.59 Å². The summed E-state index contributed by atoms with van der Waals surface area (Å²) in [6.45, 7) is 1.02. The minimum atomic E-state index is -0.268. The number of ether oxygens (including phenoxy) is 1. The Morgan fingerprint density at radius 2 is 1.89 bits per heavy atom. The highest BCUT2D eigenvalue weighted by molar-refractivity contribution is 6.32. The number of carbonyl (C=O) groups is 2. The molecule has 1 saturated heterocycles. The van der Waals surface area contributed by atoms with Gasteiger partial charge in [-0.05, 0) is 55.3 Å². The van der Waals surface area contributed by atoms with Crippen LogP contribution in [0, 0.1) is 5.92 Å². The summed E-state index contributed by atoms with van der Waals surface area (Å²) in [4.78, 5) is 27.0. The van der Waals surface area contributed by atoms with Gasteiger partial charge in [-0.25, -0.2) is 0 Å². The quantitative estimate of drug-likeness (QED) is 0.813. The highest BCUT2D eigenvalue weighted by atomic mass is 35.5. The highest BCUT2D eigenvalue weighted by Gasteiger charge is 2.29. The number of methoxy groups -OCH3 is 1. The summed E-state index contributed by atoms with van der Waals surface area (Å²) >= 11 is 12.0. The Hall–Kier alpha value is -2.24. The standard InChI is InChI=1S/C20H20Cl2N2O3/c1-27-18-9-8-16(11-17(18)22)23-19(25)14-3-2-10-24(12-14)20(26)13-4-6-15(21)7-5-13/h4-9,11,14H,2-3,10,12H2,1H3,(H,23,25)/t14-/m0/s1. The van der Waals surface area contributed by atoms with Gasteiger partial charge in [0.2, 0.25) is 5.91 Å². The summed E-state index contributed by atoms with van der Waals surface area (Å²) in [5, 5.41) is 3.89. The van der Waals surface area contributed by atoms with Gasteiger partial charge >= 0.3 is 0 Å². The van der Waals surface area contributed by atoms with Crippen LogP contribution in [0.5, 0.6) is 5.75 Å². The van der Waals surface area contributed by atoms with Gasteiger partial charge in [0.1, 0.15) is 5.75 Å². The number of benzene rings is 2. The number of anilines is 1. The molecule has 2 aromatic rings. The summed E-state index contributed by atoms with van der Waals surface area (Å²) in [7, 11) is 1.54. The highest BCUT2D eigenvalue weighted by Crippen LogP contribution is 2.28. The molecule has 0 aromatic heterocycles. The fourth-order valence-electron chi connectivity index (χ4n) is 3.14. The van der Waals surface area contributed by atoms with Gasteiger partial charge in [0, 0.05) is 29.4 Å². The van der Waals surface area contributed by atoms with Gasteiger partial charge in [-0.1, -0.05) is 23.2 Å². The van der Waals surface area contributed by atoms with Gasteiger partial charge in [-0.2, -0.15) is 0 Å². The molecule has 142 valence electrons. The number of likely N-dealkylation sites (tertiary alicyclic amines) is 1. The molecule has 1 aliphatic rings. The third kappa shape index (κ3) is 4.73. The lowest BCUT2D eigenvalue weighted by molar-refractivity contribution is -0.121. The molecule has 0 saturated carbocycles. The van der Waals surface area contributed by atoms with Crippen molar-refractivity contribution < 1.29 is 14.3 Å². The Morgan fingerprint density at radius 1 is 1.15 bits per heavy atom. The van der Waals surface area contributed by atoms with Crippen LogP contribution < -0.4 is 10.1 Å². The lowest BCUT2D eigenvalue weighted by atomic mass is 9.96. The number of nitrogens with zero attached hydrogens (tertiary/aromatic N) is 1. The Bertz CT molecular complexity index is 840. The molecule has 0 unspecified atom stereocenters. The number of hydrogen-bond acceptors (Lipinski definition) is 3. The predicted molar refractivity (Wildman–Crippen MR) is 107 cm³/mol. The Labute approximate surface area is 168 Å². The second kappa shape index (κ2) is 8.63. The molecule has 3 rings (SSSR count). The molecule has 1 heterocycles. The van der Waals surface area contributed by atoms with Crippen LogP contribution in [-0.2, 0) is 4.79 Å². The van der Waals surface area contributed by atoms with E-state index in [0.717, 1.165) is 12.8 Å². The van der Waals surface area contributed by atoms with Crippen LogP contribution in [0.4, 0.5) is 5.69 Å². The first-order valence-corrected chi connectivity index (χ1v) is 9.43. The van der Waals surface area contributed by atoms with E-state index in [1.165, 1.54) is 7.11 Å². The summed E-state index contributed by atoms with van der Waals surface area (Å²) in [5.41, 5.74) is 1.18. The van der Waals surface area contributed by atoms with Crippen LogP contribution in [0.15, 0.2) is 42.5 Å². The topological polar surface area (TPSA) is 58.6 Å². The molecule has 27 heavy (non-hydrogen) atoms. The summed E-state index contributed by atoms with van der Waals surface area (Å²) in [5.74, 6) is 0.0736. The molecule has 1 aliphatic heterocycles. The summed E-state index contributed by atoms with van der Waals surface area (Å²) in [6.07, 6.45) is 1.51. The number of rotatable bonds is 4. The number of hydrogen-bond donors (Lipinski definition) is 1. The number of carbonyl (C=O) groups excluding carboxylic acids is 2. The van der Waals surface area contributed by atoms with Crippen molar-refractivity contribution in [1.82, 2.24) is 4.90 Å². The predicted octanol–water partition coefficient (Wildman–Crippen LogP) is 4.49. The minimum Gasteiger partial charge on any atom is -0.495 e. The Morgan fingerprint density at radius 3 is 2.56 bits per heavy atom. The zero-order valence-electron chi connectivity index (χ0n) is 14.9. The van der Waals surface area contributed by atoms with Crippen LogP contribution in [-0.4, -0.2) is 36.9 Å². The van der Waals surface area contributed by atoms with Crippen LogP contribution >= 0.6 is 23.2 Å². The summed E-state index contributed by atoms with van der Waals surface area (Å²) < 4.78 is 5.11. The van der Waals surface area contributed by atoms with Crippen LogP contribution in [0.1, 0.15) is 23.2 Å². The molecule has 2 aromatic carbocycles. The molecule has 2 amide bonds. The van der Waals surface area contributed by atoms with E-state index in [1.807, 2.05) is 0 Å². The van der Waals surface area contributed by atoms with Gasteiger partial charge in [-0.3, -0.25) is 9.59 Å². The van der Waals surface area contributed by atoms with E-state index < -0.39 is 0 Å². The third-order valence-electron chi connectivity index (χ3n) is 4.59. The maximum Gasteiger partial charge on any atom is 0.253 e. The van der Waals surface area contributed by atoms with Crippen molar-refractivity contribution in [3.05, 3.63) is 58.1 Å². The van der Waals surface area contributed by atoms with Crippen LogP contribution in [0.2, 0.25) is 10.0 Å².